The van der Waals surface area contributed by atoms with Gasteiger partial charge in [0.25, 0.3) is 5.56 Å². The molecule has 6 N–H and O–H groups in total. The molecular weight excluding hydrogens is 458 g/mol. The molecule has 0 bridgehead atoms. The molecule has 1 aliphatic rings. The molecule has 0 radical (unpaired) electrons. The van der Waals surface area contributed by atoms with Crippen LogP contribution in [0.1, 0.15) is 36.9 Å². The molecule has 36 heavy (non-hydrogen) atoms. The lowest BCUT2D eigenvalue weighted by atomic mass is 10.0. The van der Waals surface area contributed by atoms with Gasteiger partial charge in [-0.1, -0.05) is 36.4 Å². The van der Waals surface area contributed by atoms with Gasteiger partial charge in [-0.25, -0.2) is 4.98 Å². The third-order valence-corrected chi connectivity index (χ3v) is 5.81. The summed E-state index contributed by atoms with van der Waals surface area (Å²) in [5, 5.41) is 6.01. The summed E-state index contributed by atoms with van der Waals surface area (Å²) in [5.41, 5.74) is 13.0. The normalized spacial score (nSPS) is 12.8. The summed E-state index contributed by atoms with van der Waals surface area (Å²) >= 11 is 0. The number of nitrogens with zero attached hydrogens (tertiary/aromatic N) is 3. The van der Waals surface area contributed by atoms with Crippen molar-refractivity contribution in [2.75, 3.05) is 32.1 Å². The second-order valence-electron chi connectivity index (χ2n) is 8.44. The van der Waals surface area contributed by atoms with Crippen LogP contribution in [0.25, 0.3) is 5.57 Å². The lowest BCUT2D eigenvalue weighted by Crippen LogP contribution is -2.36. The molecule has 0 saturated heterocycles. The number of rotatable bonds is 13. The maximum absolute atomic E-state index is 13.4. The van der Waals surface area contributed by atoms with Crippen LogP contribution in [-0.4, -0.2) is 48.2 Å². The van der Waals surface area contributed by atoms with E-state index in [1.54, 1.807) is 13.3 Å². The van der Waals surface area contributed by atoms with Crippen LogP contribution < -0.4 is 27.7 Å². The van der Waals surface area contributed by atoms with E-state index in [4.69, 9.17) is 16.2 Å². The maximum atomic E-state index is 13.4. The maximum Gasteiger partial charge on any atom is 0.294 e. The monoisotopic (exact) mass is 493 g/mol. The molecule has 3 rings (SSSR count). The first kappa shape index (κ1) is 26.5. The average molecular weight is 494 g/mol. The Labute approximate surface area is 211 Å². The summed E-state index contributed by atoms with van der Waals surface area (Å²) in [5.74, 6) is 0.912. The minimum Gasteiger partial charge on any atom is -0.501 e. The number of carbonyl (C=O) groups excluding carboxylic acids is 1. The van der Waals surface area contributed by atoms with Crippen LogP contribution >= 0.6 is 0 Å². The lowest BCUT2D eigenvalue weighted by molar-refractivity contribution is -0.121. The Bertz CT molecular complexity index is 1170. The third-order valence-electron chi connectivity index (χ3n) is 5.81. The molecule has 10 nitrogen and oxygen atoms in total. The summed E-state index contributed by atoms with van der Waals surface area (Å²) in [7, 11) is 1.64. The van der Waals surface area contributed by atoms with Gasteiger partial charge in [-0.15, -0.1) is 0 Å². The molecule has 1 amide bonds. The quantitative estimate of drug-likeness (QED) is 0.189. The summed E-state index contributed by atoms with van der Waals surface area (Å²) in [6.45, 7) is 1.43. The van der Waals surface area contributed by atoms with Gasteiger partial charge in [0.2, 0.25) is 5.91 Å². The highest BCUT2D eigenvalue weighted by Gasteiger charge is 2.18. The fraction of sp³-hybridized carbons (Fsp3) is 0.385. The van der Waals surface area contributed by atoms with E-state index in [2.05, 4.69) is 20.6 Å². The summed E-state index contributed by atoms with van der Waals surface area (Å²) in [6, 6.07) is 10.0. The Kier molecular flexibility index (Phi) is 10.1. The Hall–Kier alpha value is -4.08. The van der Waals surface area contributed by atoms with E-state index in [1.807, 2.05) is 42.5 Å². The van der Waals surface area contributed by atoms with E-state index >= 15 is 0 Å². The number of guanidine groups is 1. The second kappa shape index (κ2) is 13.7. The topological polar surface area (TPSA) is 150 Å². The van der Waals surface area contributed by atoms with Crippen LogP contribution in [0.15, 0.2) is 64.2 Å². The van der Waals surface area contributed by atoms with Crippen LogP contribution in [0.2, 0.25) is 0 Å². The number of methoxy groups -OCH3 is 1. The van der Waals surface area contributed by atoms with Crippen LogP contribution in [0, 0.1) is 0 Å². The van der Waals surface area contributed by atoms with Gasteiger partial charge in [0.05, 0.1) is 24.8 Å². The summed E-state index contributed by atoms with van der Waals surface area (Å²) in [6.07, 6.45) is 9.09. The first-order chi connectivity index (χ1) is 17.5. The number of nitrogens with one attached hydrogen (secondary N) is 2. The lowest BCUT2D eigenvalue weighted by Gasteiger charge is -2.19. The molecule has 0 saturated carbocycles. The van der Waals surface area contributed by atoms with Crippen molar-refractivity contribution in [1.82, 2.24) is 14.9 Å². The van der Waals surface area contributed by atoms with Crippen molar-refractivity contribution in [2.45, 2.75) is 38.6 Å². The molecule has 0 atom stereocenters. The fourth-order valence-corrected chi connectivity index (χ4v) is 3.87. The molecular formula is C26H35N7O3. The van der Waals surface area contributed by atoms with E-state index in [1.165, 1.54) is 4.57 Å². The van der Waals surface area contributed by atoms with E-state index in [9.17, 15) is 9.59 Å². The van der Waals surface area contributed by atoms with Crippen molar-refractivity contribution >= 4 is 23.3 Å². The molecule has 1 aromatic heterocycles. The van der Waals surface area contributed by atoms with Crippen LogP contribution in [-0.2, 0) is 22.5 Å². The Morgan fingerprint density at radius 2 is 1.94 bits per heavy atom. The number of aliphatic imine (C=N–C) groups is 1. The average Bonchev–Trinajstić information content (AvgIpc) is 2.89. The van der Waals surface area contributed by atoms with Crippen molar-refractivity contribution in [3.8, 4) is 0 Å². The van der Waals surface area contributed by atoms with Crippen LogP contribution in [0.5, 0.6) is 0 Å². The molecule has 1 aromatic carbocycles. The first-order valence-electron chi connectivity index (χ1n) is 12.1. The van der Waals surface area contributed by atoms with E-state index in [0.29, 0.717) is 31.7 Å². The zero-order valence-corrected chi connectivity index (χ0v) is 20.7. The van der Waals surface area contributed by atoms with Gasteiger partial charge in [0.1, 0.15) is 6.54 Å². The minimum atomic E-state index is -0.328. The molecule has 0 spiro atoms. The van der Waals surface area contributed by atoms with Crippen molar-refractivity contribution in [3.63, 3.8) is 0 Å². The number of aromatic nitrogens is 2. The van der Waals surface area contributed by atoms with Gasteiger partial charge in [-0.05, 0) is 42.9 Å². The van der Waals surface area contributed by atoms with Gasteiger partial charge in [-0.2, -0.15) is 0 Å². The number of nitrogens with two attached hydrogens (primary N) is 2. The molecule has 1 heterocycles. The molecule has 0 fully saturated rings. The standard InChI is InChI=1S/C26H35N7O3/c1-36-21-11-9-20(10-12-21)22-17-32-24(30-16-13-19-7-3-2-4-8-19)25(35)33(22)18-23(34)29-14-5-6-15-31-26(27)28/h2-4,7-9,11,17H,5-6,10,12-16,18H2,1H3,(H,29,34)(H,30,32)(H4,27,28,31). The third kappa shape index (κ3) is 8.00. The van der Waals surface area contributed by atoms with Crippen molar-refractivity contribution < 1.29 is 9.53 Å². The Morgan fingerprint density at radius 1 is 1.14 bits per heavy atom. The van der Waals surface area contributed by atoms with Crippen molar-refractivity contribution in [1.29, 1.82) is 0 Å². The zero-order chi connectivity index (χ0) is 25.8. The number of carbonyl (C=O) groups is 1. The summed E-state index contributed by atoms with van der Waals surface area (Å²) in [4.78, 5) is 34.4. The number of benzene rings is 1. The van der Waals surface area contributed by atoms with Gasteiger partial charge in [0.15, 0.2) is 11.8 Å². The highest BCUT2D eigenvalue weighted by atomic mass is 16.5. The molecule has 0 unspecified atom stereocenters. The molecule has 0 aliphatic heterocycles. The number of allylic oxidation sites excluding steroid dienone is 4. The smallest absolute Gasteiger partial charge is 0.294 e. The molecule has 10 heteroatoms. The number of anilines is 1. The largest absolute Gasteiger partial charge is 0.501 e. The first-order valence-corrected chi connectivity index (χ1v) is 12.1. The van der Waals surface area contributed by atoms with E-state index < -0.39 is 0 Å². The Balaban J connectivity index is 1.72. The number of amides is 1. The molecule has 2 aromatic rings. The van der Waals surface area contributed by atoms with Crippen molar-refractivity contribution in [3.05, 3.63) is 76.1 Å². The predicted molar refractivity (Wildman–Crippen MR) is 142 cm³/mol. The highest BCUT2D eigenvalue weighted by molar-refractivity contribution is 5.77. The number of unbranched alkanes of at least 4 members (excludes halogenated alkanes) is 1. The number of hydrogen-bond donors (Lipinski definition) is 4. The van der Waals surface area contributed by atoms with Gasteiger partial charge in [-0.3, -0.25) is 19.1 Å². The SMILES string of the molecule is COC1=CC=C(c2cnc(NCCc3ccccc3)c(=O)n2CC(=O)NCCCCN=C(N)N)CC1. The molecule has 1 aliphatic carbocycles. The van der Waals surface area contributed by atoms with Crippen molar-refractivity contribution in [2.24, 2.45) is 16.5 Å². The minimum absolute atomic E-state index is 0.0568. The highest BCUT2D eigenvalue weighted by Crippen LogP contribution is 2.26. The molecule has 192 valence electrons. The Morgan fingerprint density at radius 3 is 2.64 bits per heavy atom. The number of hydrogen-bond acceptors (Lipinski definition) is 6. The second-order valence-corrected chi connectivity index (χ2v) is 8.44. The van der Waals surface area contributed by atoms with Gasteiger partial charge in [0, 0.05) is 26.1 Å². The van der Waals surface area contributed by atoms with Gasteiger partial charge >= 0.3 is 0 Å². The van der Waals surface area contributed by atoms with E-state index in [0.717, 1.165) is 42.6 Å². The fourth-order valence-electron chi connectivity index (χ4n) is 3.87. The van der Waals surface area contributed by atoms with Crippen LogP contribution in [0.3, 0.4) is 0 Å². The predicted octanol–water partition coefficient (Wildman–Crippen LogP) is 1.78. The van der Waals surface area contributed by atoms with Crippen LogP contribution in [0.4, 0.5) is 5.82 Å². The van der Waals surface area contributed by atoms with E-state index in [-0.39, 0.29) is 29.8 Å². The summed E-state index contributed by atoms with van der Waals surface area (Å²) < 4.78 is 6.81. The number of ether oxygens (including phenoxy) is 1. The zero-order valence-electron chi connectivity index (χ0n) is 20.7. The van der Waals surface area contributed by atoms with Gasteiger partial charge < -0.3 is 26.8 Å².